The van der Waals surface area contributed by atoms with Crippen LogP contribution < -0.4 is 9.64 Å². The Bertz CT molecular complexity index is 455. The van der Waals surface area contributed by atoms with Crippen molar-refractivity contribution in [2.24, 2.45) is 5.16 Å². The molecule has 0 fully saturated rings. The molecule has 0 unspecified atom stereocenters. The van der Waals surface area contributed by atoms with Crippen LogP contribution >= 0.6 is 0 Å². The number of benzene rings is 1. The van der Waals surface area contributed by atoms with Crippen LogP contribution in [0.5, 0.6) is 5.75 Å². The molecule has 1 aromatic rings. The average Bonchev–Trinajstić information content (AvgIpc) is 2.38. The predicted molar refractivity (Wildman–Crippen MR) is 68.6 cm³/mol. The van der Waals surface area contributed by atoms with E-state index in [0.717, 1.165) is 42.1 Å². The first kappa shape index (κ1) is 11.8. The largest absolute Gasteiger partial charge is 0.496 e. The lowest BCUT2D eigenvalue weighted by atomic mass is 9.96. The molecule has 1 aromatic carbocycles. The molecule has 0 bridgehead atoms. The quantitative estimate of drug-likeness (QED) is 0.630. The van der Waals surface area contributed by atoms with Gasteiger partial charge >= 0.3 is 0 Å². The fourth-order valence-electron chi connectivity index (χ4n) is 2.26. The first-order chi connectivity index (χ1) is 8.21. The summed E-state index contributed by atoms with van der Waals surface area (Å²) in [5, 5.41) is 12.4. The number of fused-ring (bicyclic) bond motifs is 1. The van der Waals surface area contributed by atoms with Gasteiger partial charge < -0.3 is 14.8 Å². The Hall–Kier alpha value is -1.71. The highest BCUT2D eigenvalue weighted by Gasteiger charge is 2.21. The number of oxime groups is 1. The lowest BCUT2D eigenvalue weighted by Crippen LogP contribution is -2.29. The Morgan fingerprint density at radius 1 is 1.47 bits per heavy atom. The van der Waals surface area contributed by atoms with E-state index in [-0.39, 0.29) is 0 Å². The second-order valence-electron chi connectivity index (χ2n) is 4.25. The summed E-state index contributed by atoms with van der Waals surface area (Å²) < 4.78 is 5.38. The van der Waals surface area contributed by atoms with Crippen LogP contribution in [0.2, 0.25) is 0 Å². The monoisotopic (exact) mass is 234 g/mol. The van der Waals surface area contributed by atoms with E-state index >= 15 is 0 Å². The summed E-state index contributed by atoms with van der Waals surface area (Å²) in [4.78, 5) is 2.18. The zero-order valence-electron chi connectivity index (χ0n) is 10.5. The van der Waals surface area contributed by atoms with Crippen molar-refractivity contribution in [2.45, 2.75) is 19.8 Å². The van der Waals surface area contributed by atoms with E-state index in [0.29, 0.717) is 0 Å². The second-order valence-corrected chi connectivity index (χ2v) is 4.25. The SMILES string of the molecule is CCc1cc2c(cc1OC)/C(=N/O)CCN2C. The van der Waals surface area contributed by atoms with Crippen LogP contribution in [-0.2, 0) is 6.42 Å². The molecule has 0 spiro atoms. The molecule has 0 aromatic heterocycles. The molecule has 0 saturated heterocycles. The molecular formula is C13H18N2O2. The van der Waals surface area contributed by atoms with Crippen LogP contribution in [0.1, 0.15) is 24.5 Å². The Kier molecular flexibility index (Phi) is 3.22. The molecule has 0 amide bonds. The second kappa shape index (κ2) is 4.65. The third kappa shape index (κ3) is 1.95. The van der Waals surface area contributed by atoms with E-state index in [1.807, 2.05) is 6.07 Å². The molecule has 4 nitrogen and oxygen atoms in total. The summed E-state index contributed by atoms with van der Waals surface area (Å²) in [6.45, 7) is 2.98. The highest BCUT2D eigenvalue weighted by Crippen LogP contribution is 2.33. The first-order valence-electron chi connectivity index (χ1n) is 5.84. The third-order valence-electron chi connectivity index (χ3n) is 3.31. The van der Waals surface area contributed by atoms with Crippen molar-refractivity contribution in [2.75, 3.05) is 25.6 Å². The normalized spacial score (nSPS) is 17.1. The van der Waals surface area contributed by atoms with Gasteiger partial charge in [0.05, 0.1) is 12.8 Å². The topological polar surface area (TPSA) is 45.1 Å². The highest BCUT2D eigenvalue weighted by atomic mass is 16.5. The zero-order chi connectivity index (χ0) is 12.4. The minimum atomic E-state index is 0.735. The molecule has 1 N–H and O–H groups in total. The molecule has 0 saturated carbocycles. The van der Waals surface area contributed by atoms with E-state index in [9.17, 15) is 0 Å². The van der Waals surface area contributed by atoms with Crippen molar-refractivity contribution in [1.82, 2.24) is 0 Å². The average molecular weight is 234 g/mol. The van der Waals surface area contributed by atoms with Gasteiger partial charge in [0.15, 0.2) is 0 Å². The Balaban J connectivity index is 2.60. The van der Waals surface area contributed by atoms with Gasteiger partial charge in [0.25, 0.3) is 0 Å². The number of ether oxygens (including phenoxy) is 1. The van der Waals surface area contributed by atoms with Gasteiger partial charge in [0.2, 0.25) is 0 Å². The van der Waals surface area contributed by atoms with Gasteiger partial charge in [0.1, 0.15) is 5.75 Å². The van der Waals surface area contributed by atoms with Crippen LogP contribution in [0, 0.1) is 0 Å². The summed E-state index contributed by atoms with van der Waals surface area (Å²) in [5.74, 6) is 0.864. The van der Waals surface area contributed by atoms with E-state index in [4.69, 9.17) is 9.94 Å². The van der Waals surface area contributed by atoms with E-state index in [1.165, 1.54) is 5.56 Å². The summed E-state index contributed by atoms with van der Waals surface area (Å²) in [7, 11) is 3.72. The number of aryl methyl sites for hydroxylation is 1. The maximum Gasteiger partial charge on any atom is 0.122 e. The number of methoxy groups -OCH3 is 1. The summed E-state index contributed by atoms with van der Waals surface area (Å²) >= 11 is 0. The first-order valence-corrected chi connectivity index (χ1v) is 5.84. The van der Waals surface area contributed by atoms with E-state index < -0.39 is 0 Å². The minimum Gasteiger partial charge on any atom is -0.496 e. The molecule has 92 valence electrons. The Morgan fingerprint density at radius 2 is 2.24 bits per heavy atom. The van der Waals surface area contributed by atoms with E-state index in [1.54, 1.807) is 7.11 Å². The molecule has 4 heteroatoms. The Morgan fingerprint density at radius 3 is 2.82 bits per heavy atom. The molecule has 1 heterocycles. The fraction of sp³-hybridized carbons (Fsp3) is 0.462. The van der Waals surface area contributed by atoms with Gasteiger partial charge in [-0.1, -0.05) is 12.1 Å². The van der Waals surface area contributed by atoms with Gasteiger partial charge in [-0.2, -0.15) is 0 Å². The minimum absolute atomic E-state index is 0.735. The number of hydrogen-bond donors (Lipinski definition) is 1. The van der Waals surface area contributed by atoms with Crippen LogP contribution in [0.4, 0.5) is 5.69 Å². The van der Waals surface area contributed by atoms with Gasteiger partial charge in [-0.15, -0.1) is 0 Å². The van der Waals surface area contributed by atoms with Crippen LogP contribution in [0.3, 0.4) is 0 Å². The maximum atomic E-state index is 9.04. The molecular weight excluding hydrogens is 216 g/mol. The predicted octanol–water partition coefficient (Wildman–Crippen LogP) is 2.28. The van der Waals surface area contributed by atoms with Crippen LogP contribution in [-0.4, -0.2) is 31.6 Å². The molecule has 2 rings (SSSR count). The number of hydrogen-bond acceptors (Lipinski definition) is 4. The summed E-state index contributed by atoms with van der Waals surface area (Å²) in [5.41, 5.74) is 3.99. The maximum absolute atomic E-state index is 9.04. The number of rotatable bonds is 2. The molecule has 1 aliphatic rings. The van der Waals surface area contributed by atoms with Gasteiger partial charge in [0, 0.05) is 31.3 Å². The van der Waals surface area contributed by atoms with Crippen molar-refractivity contribution in [1.29, 1.82) is 0 Å². The van der Waals surface area contributed by atoms with Gasteiger partial charge in [-0.3, -0.25) is 0 Å². The van der Waals surface area contributed by atoms with Crippen molar-refractivity contribution in [3.8, 4) is 5.75 Å². The number of anilines is 1. The standard InChI is InChI=1S/C13H18N2O2/c1-4-9-7-12-10(8-13(9)17-3)11(14-16)5-6-15(12)2/h7-8,16H,4-6H2,1-3H3/b14-11+. The highest BCUT2D eigenvalue weighted by molar-refractivity contribution is 6.07. The third-order valence-corrected chi connectivity index (χ3v) is 3.31. The number of nitrogens with zero attached hydrogens (tertiary/aromatic N) is 2. The Labute approximate surface area is 101 Å². The molecule has 0 radical (unpaired) electrons. The van der Waals surface area contributed by atoms with E-state index in [2.05, 4.69) is 30.1 Å². The molecule has 0 atom stereocenters. The van der Waals surface area contributed by atoms with Crippen molar-refractivity contribution in [3.05, 3.63) is 23.3 Å². The fourth-order valence-corrected chi connectivity index (χ4v) is 2.26. The molecule has 1 aliphatic heterocycles. The van der Waals surface area contributed by atoms with Gasteiger partial charge in [-0.05, 0) is 24.1 Å². The lowest BCUT2D eigenvalue weighted by molar-refractivity contribution is 0.318. The summed E-state index contributed by atoms with van der Waals surface area (Å²) in [6, 6.07) is 4.09. The lowest BCUT2D eigenvalue weighted by Gasteiger charge is -2.29. The van der Waals surface area contributed by atoms with Gasteiger partial charge in [-0.25, -0.2) is 0 Å². The van der Waals surface area contributed by atoms with Crippen LogP contribution in [0.25, 0.3) is 0 Å². The van der Waals surface area contributed by atoms with Crippen LogP contribution in [0.15, 0.2) is 17.3 Å². The smallest absolute Gasteiger partial charge is 0.122 e. The van der Waals surface area contributed by atoms with Crippen molar-refractivity contribution >= 4 is 11.4 Å². The zero-order valence-corrected chi connectivity index (χ0v) is 10.5. The molecule has 17 heavy (non-hydrogen) atoms. The van der Waals surface area contributed by atoms with Crippen molar-refractivity contribution < 1.29 is 9.94 Å². The molecule has 0 aliphatic carbocycles. The van der Waals surface area contributed by atoms with Crippen molar-refractivity contribution in [3.63, 3.8) is 0 Å². The summed E-state index contributed by atoms with van der Waals surface area (Å²) in [6.07, 6.45) is 1.69.